The summed E-state index contributed by atoms with van der Waals surface area (Å²) in [6, 6.07) is 4.21. The standard InChI is InChI=1S/C15H20N4O/c1-2-16-15(20)10-5-6-11(19-18-10)17-14-12-8-3-4-9(7-8)13(12)14/h5-6,8-9,12-14H,2-4,7H2,1H3,(H,16,20)(H,17,19). The Labute approximate surface area is 118 Å². The lowest BCUT2D eigenvalue weighted by Gasteiger charge is -2.10. The summed E-state index contributed by atoms with van der Waals surface area (Å²) >= 11 is 0. The zero-order chi connectivity index (χ0) is 13.7. The lowest BCUT2D eigenvalue weighted by molar-refractivity contribution is 0.0950. The van der Waals surface area contributed by atoms with E-state index in [0.29, 0.717) is 18.3 Å². The maximum atomic E-state index is 11.6. The third-order valence-corrected chi connectivity index (χ3v) is 5.28. The minimum absolute atomic E-state index is 0.159. The summed E-state index contributed by atoms with van der Waals surface area (Å²) in [4.78, 5) is 11.6. The van der Waals surface area contributed by atoms with E-state index in [4.69, 9.17) is 0 Å². The third-order valence-electron chi connectivity index (χ3n) is 5.28. The van der Waals surface area contributed by atoms with Crippen molar-refractivity contribution in [3.8, 4) is 0 Å². The highest BCUT2D eigenvalue weighted by Gasteiger charge is 2.65. The summed E-state index contributed by atoms with van der Waals surface area (Å²) in [5.41, 5.74) is 0.383. The van der Waals surface area contributed by atoms with Crippen molar-refractivity contribution in [3.63, 3.8) is 0 Å². The SMILES string of the molecule is CCNC(=O)c1ccc(NC2C3C4CCC(C4)C23)nn1. The van der Waals surface area contributed by atoms with Crippen molar-refractivity contribution in [1.29, 1.82) is 0 Å². The van der Waals surface area contributed by atoms with Crippen LogP contribution in [-0.2, 0) is 0 Å². The van der Waals surface area contributed by atoms with Crippen LogP contribution in [0.3, 0.4) is 0 Å². The number of aromatic nitrogens is 2. The highest BCUT2D eigenvalue weighted by molar-refractivity contribution is 5.92. The maximum absolute atomic E-state index is 11.6. The highest BCUT2D eigenvalue weighted by Crippen LogP contribution is 2.66. The summed E-state index contributed by atoms with van der Waals surface area (Å²) in [7, 11) is 0. The van der Waals surface area contributed by atoms with E-state index >= 15 is 0 Å². The molecule has 0 radical (unpaired) electrons. The normalized spacial score (nSPS) is 36.5. The van der Waals surface area contributed by atoms with Gasteiger partial charge in [0.15, 0.2) is 5.69 Å². The van der Waals surface area contributed by atoms with E-state index in [-0.39, 0.29) is 5.91 Å². The quantitative estimate of drug-likeness (QED) is 0.875. The largest absolute Gasteiger partial charge is 0.365 e. The van der Waals surface area contributed by atoms with E-state index in [9.17, 15) is 4.79 Å². The first-order valence-electron chi connectivity index (χ1n) is 7.66. The van der Waals surface area contributed by atoms with Gasteiger partial charge in [-0.3, -0.25) is 4.79 Å². The maximum Gasteiger partial charge on any atom is 0.271 e. The Balaban J connectivity index is 1.40. The van der Waals surface area contributed by atoms with Crippen LogP contribution in [0.4, 0.5) is 5.82 Å². The monoisotopic (exact) mass is 272 g/mol. The average Bonchev–Trinajstić information content (AvgIpc) is 2.85. The summed E-state index contributed by atoms with van der Waals surface area (Å²) in [6.07, 6.45) is 4.30. The van der Waals surface area contributed by atoms with Crippen LogP contribution in [0.15, 0.2) is 12.1 Å². The van der Waals surface area contributed by atoms with E-state index in [1.807, 2.05) is 13.0 Å². The molecule has 4 rings (SSSR count). The third kappa shape index (κ3) is 1.79. The predicted molar refractivity (Wildman–Crippen MR) is 75.3 cm³/mol. The van der Waals surface area contributed by atoms with Gasteiger partial charge in [-0.15, -0.1) is 10.2 Å². The van der Waals surface area contributed by atoms with Gasteiger partial charge in [-0.2, -0.15) is 0 Å². The fourth-order valence-corrected chi connectivity index (χ4v) is 4.47. The van der Waals surface area contributed by atoms with Crippen LogP contribution < -0.4 is 10.6 Å². The molecule has 4 unspecified atom stereocenters. The molecule has 1 aromatic heterocycles. The zero-order valence-corrected chi connectivity index (χ0v) is 11.7. The van der Waals surface area contributed by atoms with Gasteiger partial charge in [0, 0.05) is 12.6 Å². The van der Waals surface area contributed by atoms with Crippen LogP contribution in [0.25, 0.3) is 0 Å². The van der Waals surface area contributed by atoms with Crippen molar-refractivity contribution >= 4 is 11.7 Å². The predicted octanol–water partition coefficient (Wildman–Crippen LogP) is 1.68. The number of anilines is 1. The van der Waals surface area contributed by atoms with Crippen molar-refractivity contribution < 1.29 is 4.79 Å². The molecule has 20 heavy (non-hydrogen) atoms. The number of nitrogens with zero attached hydrogens (tertiary/aromatic N) is 2. The van der Waals surface area contributed by atoms with Gasteiger partial charge in [0.25, 0.3) is 5.91 Å². The van der Waals surface area contributed by atoms with Gasteiger partial charge in [0.2, 0.25) is 0 Å². The van der Waals surface area contributed by atoms with Crippen LogP contribution in [0.2, 0.25) is 0 Å². The Hall–Kier alpha value is -1.65. The van der Waals surface area contributed by atoms with Crippen molar-refractivity contribution in [1.82, 2.24) is 15.5 Å². The molecular weight excluding hydrogens is 252 g/mol. The topological polar surface area (TPSA) is 66.9 Å². The number of carbonyl (C=O) groups is 1. The van der Waals surface area contributed by atoms with Crippen LogP contribution in [0.5, 0.6) is 0 Å². The molecule has 3 saturated carbocycles. The molecule has 3 aliphatic carbocycles. The number of carbonyl (C=O) groups excluding carboxylic acids is 1. The second-order valence-electron chi connectivity index (χ2n) is 6.32. The van der Waals surface area contributed by atoms with E-state index in [2.05, 4.69) is 20.8 Å². The molecule has 106 valence electrons. The minimum atomic E-state index is -0.159. The first-order chi connectivity index (χ1) is 9.78. The summed E-state index contributed by atoms with van der Waals surface area (Å²) in [5.74, 6) is 4.29. The van der Waals surface area contributed by atoms with E-state index < -0.39 is 0 Å². The number of fused-ring (bicyclic) bond motifs is 5. The minimum Gasteiger partial charge on any atom is -0.365 e. The Morgan fingerprint density at radius 2 is 2.00 bits per heavy atom. The second-order valence-corrected chi connectivity index (χ2v) is 6.32. The number of amides is 1. The molecule has 3 aliphatic rings. The molecule has 3 fully saturated rings. The zero-order valence-electron chi connectivity index (χ0n) is 11.7. The number of rotatable bonds is 4. The summed E-state index contributed by atoms with van der Waals surface area (Å²) in [5, 5.41) is 14.4. The fraction of sp³-hybridized carbons (Fsp3) is 0.667. The molecule has 0 spiro atoms. The van der Waals surface area contributed by atoms with Gasteiger partial charge in [-0.1, -0.05) is 0 Å². The molecule has 1 heterocycles. The molecule has 4 atom stereocenters. The first-order valence-corrected chi connectivity index (χ1v) is 7.66. The number of nitrogens with one attached hydrogen (secondary N) is 2. The summed E-state index contributed by atoms with van der Waals surface area (Å²) in [6.45, 7) is 2.50. The van der Waals surface area contributed by atoms with Crippen LogP contribution in [-0.4, -0.2) is 28.7 Å². The van der Waals surface area contributed by atoms with Gasteiger partial charge in [-0.05, 0) is 62.0 Å². The van der Waals surface area contributed by atoms with Gasteiger partial charge in [0.05, 0.1) is 0 Å². The van der Waals surface area contributed by atoms with Crippen molar-refractivity contribution in [2.24, 2.45) is 23.7 Å². The molecular formula is C15H20N4O. The lowest BCUT2D eigenvalue weighted by Crippen LogP contribution is -2.24. The highest BCUT2D eigenvalue weighted by atomic mass is 16.1. The van der Waals surface area contributed by atoms with Crippen LogP contribution in [0, 0.1) is 23.7 Å². The number of hydrogen-bond donors (Lipinski definition) is 2. The van der Waals surface area contributed by atoms with E-state index in [1.54, 1.807) is 6.07 Å². The Bertz CT molecular complexity index is 513. The first kappa shape index (κ1) is 12.1. The smallest absolute Gasteiger partial charge is 0.271 e. The molecule has 0 aliphatic heterocycles. The lowest BCUT2D eigenvalue weighted by atomic mass is 10.0. The van der Waals surface area contributed by atoms with Gasteiger partial charge in [0.1, 0.15) is 5.82 Å². The Morgan fingerprint density at radius 1 is 1.25 bits per heavy atom. The number of hydrogen-bond acceptors (Lipinski definition) is 4. The van der Waals surface area contributed by atoms with Crippen LogP contribution >= 0.6 is 0 Å². The molecule has 2 N–H and O–H groups in total. The summed E-state index contributed by atoms with van der Waals surface area (Å²) < 4.78 is 0. The Kier molecular flexibility index (Phi) is 2.69. The van der Waals surface area contributed by atoms with Crippen LogP contribution in [0.1, 0.15) is 36.7 Å². The molecule has 0 aromatic carbocycles. The van der Waals surface area contributed by atoms with Crippen molar-refractivity contribution in [2.45, 2.75) is 32.2 Å². The second kappa shape index (κ2) is 4.43. The Morgan fingerprint density at radius 3 is 2.60 bits per heavy atom. The molecule has 5 heteroatoms. The van der Waals surface area contributed by atoms with Gasteiger partial charge < -0.3 is 10.6 Å². The van der Waals surface area contributed by atoms with E-state index in [1.165, 1.54) is 19.3 Å². The molecule has 5 nitrogen and oxygen atoms in total. The van der Waals surface area contributed by atoms with Gasteiger partial charge >= 0.3 is 0 Å². The molecule has 1 amide bonds. The fourth-order valence-electron chi connectivity index (χ4n) is 4.47. The van der Waals surface area contributed by atoms with Gasteiger partial charge in [-0.25, -0.2) is 0 Å². The van der Waals surface area contributed by atoms with Crippen molar-refractivity contribution in [2.75, 3.05) is 11.9 Å². The van der Waals surface area contributed by atoms with Crippen molar-refractivity contribution in [3.05, 3.63) is 17.8 Å². The van der Waals surface area contributed by atoms with E-state index in [0.717, 1.165) is 29.5 Å². The molecule has 1 aromatic rings. The average molecular weight is 272 g/mol. The molecule has 2 bridgehead atoms. The molecule has 0 saturated heterocycles.